The van der Waals surface area contributed by atoms with Gasteiger partial charge in [-0.05, 0) is 86.1 Å². The van der Waals surface area contributed by atoms with Crippen LogP contribution in [-0.2, 0) is 0 Å². The van der Waals surface area contributed by atoms with E-state index in [1.165, 1.54) is 0 Å². The zero-order valence-corrected chi connectivity index (χ0v) is 24.6. The molecule has 6 nitrogen and oxygen atoms in total. The smallest absolute Gasteiger partial charge is 0.258 e. The molecule has 2 amide bonds. The fourth-order valence-electron chi connectivity index (χ4n) is 5.69. The van der Waals surface area contributed by atoms with Gasteiger partial charge in [-0.15, -0.1) is 0 Å². The zero-order chi connectivity index (χ0) is 29.3. The summed E-state index contributed by atoms with van der Waals surface area (Å²) in [5, 5.41) is 3.01. The highest BCUT2D eigenvalue weighted by molar-refractivity contribution is 6.10. The van der Waals surface area contributed by atoms with Crippen molar-refractivity contribution < 1.29 is 9.59 Å². The molecular formula is C36H40N4O2. The summed E-state index contributed by atoms with van der Waals surface area (Å²) in [4.78, 5) is 33.8. The van der Waals surface area contributed by atoms with Gasteiger partial charge in [0.25, 0.3) is 11.8 Å². The van der Waals surface area contributed by atoms with Crippen LogP contribution >= 0.6 is 0 Å². The first-order chi connectivity index (χ1) is 20.6. The molecule has 4 aromatic carbocycles. The molecule has 0 radical (unpaired) electrons. The van der Waals surface area contributed by atoms with Crippen molar-refractivity contribution >= 4 is 28.9 Å². The lowest BCUT2D eigenvalue weighted by Gasteiger charge is -2.28. The molecule has 6 heteroatoms. The lowest BCUT2D eigenvalue weighted by molar-refractivity contribution is 0.0986. The highest BCUT2D eigenvalue weighted by atomic mass is 16.2. The Bertz CT molecular complexity index is 1480. The number of rotatable bonds is 10. The van der Waals surface area contributed by atoms with Crippen LogP contribution in [0.4, 0.5) is 17.1 Å². The third-order valence-electron chi connectivity index (χ3n) is 8.01. The molecule has 216 valence electrons. The normalized spacial score (nSPS) is 13.0. The third-order valence-corrected chi connectivity index (χ3v) is 8.01. The van der Waals surface area contributed by atoms with Crippen LogP contribution in [0.5, 0.6) is 0 Å². The summed E-state index contributed by atoms with van der Waals surface area (Å²) >= 11 is 0. The fraction of sp³-hybridized carbons (Fsp3) is 0.278. The van der Waals surface area contributed by atoms with Crippen molar-refractivity contribution in [3.8, 4) is 11.1 Å². The van der Waals surface area contributed by atoms with Gasteiger partial charge >= 0.3 is 0 Å². The molecule has 0 saturated heterocycles. The van der Waals surface area contributed by atoms with Gasteiger partial charge in [0.1, 0.15) is 0 Å². The number of nitrogens with zero attached hydrogens (tertiary/aromatic N) is 3. The molecule has 1 N–H and O–H groups in total. The van der Waals surface area contributed by atoms with Crippen molar-refractivity contribution in [2.45, 2.75) is 26.7 Å². The van der Waals surface area contributed by atoms with Crippen LogP contribution in [-0.4, -0.2) is 56.0 Å². The van der Waals surface area contributed by atoms with Gasteiger partial charge in [-0.2, -0.15) is 0 Å². The number of carbonyl (C=O) groups is 2. The van der Waals surface area contributed by atoms with Crippen LogP contribution < -0.4 is 15.1 Å². The first-order valence-electron chi connectivity index (χ1n) is 15.0. The van der Waals surface area contributed by atoms with Gasteiger partial charge in [-0.1, -0.05) is 74.5 Å². The molecule has 1 aliphatic heterocycles. The van der Waals surface area contributed by atoms with E-state index in [1.807, 2.05) is 65.6 Å². The summed E-state index contributed by atoms with van der Waals surface area (Å²) in [5.41, 5.74) is 5.79. The average Bonchev–Trinajstić information content (AvgIpc) is 3.23. The highest BCUT2D eigenvalue weighted by Crippen LogP contribution is 2.33. The molecule has 0 spiro atoms. The van der Waals surface area contributed by atoms with Crippen LogP contribution in [0.25, 0.3) is 11.1 Å². The van der Waals surface area contributed by atoms with Gasteiger partial charge in [0.15, 0.2) is 0 Å². The number of hydrogen-bond donors (Lipinski definition) is 1. The minimum atomic E-state index is -0.184. The summed E-state index contributed by atoms with van der Waals surface area (Å²) in [6.45, 7) is 10.2. The molecule has 0 fully saturated rings. The van der Waals surface area contributed by atoms with Crippen LogP contribution in [0.15, 0.2) is 103 Å². The summed E-state index contributed by atoms with van der Waals surface area (Å²) in [6.07, 6.45) is 1.99. The zero-order valence-electron chi connectivity index (χ0n) is 24.6. The third kappa shape index (κ3) is 6.72. The molecule has 0 unspecified atom stereocenters. The predicted molar refractivity (Wildman–Crippen MR) is 174 cm³/mol. The van der Waals surface area contributed by atoms with Crippen molar-refractivity contribution in [1.82, 2.24) is 4.90 Å². The van der Waals surface area contributed by atoms with E-state index in [0.29, 0.717) is 23.4 Å². The molecule has 5 rings (SSSR count). The van der Waals surface area contributed by atoms with Crippen molar-refractivity contribution in [3.63, 3.8) is 0 Å². The van der Waals surface area contributed by atoms with E-state index in [4.69, 9.17) is 0 Å². The molecule has 4 aromatic rings. The van der Waals surface area contributed by atoms with Gasteiger partial charge in [-0.25, -0.2) is 0 Å². The van der Waals surface area contributed by atoms with Crippen molar-refractivity contribution in [1.29, 1.82) is 0 Å². The Morgan fingerprint density at radius 2 is 1.43 bits per heavy atom. The highest BCUT2D eigenvalue weighted by Gasteiger charge is 2.25. The van der Waals surface area contributed by atoms with E-state index in [0.717, 1.165) is 68.1 Å². The van der Waals surface area contributed by atoms with Crippen LogP contribution in [0.2, 0.25) is 0 Å². The molecular weight excluding hydrogens is 520 g/mol. The van der Waals surface area contributed by atoms with Gasteiger partial charge in [0.05, 0.1) is 11.4 Å². The maximum atomic E-state index is 13.8. The average molecular weight is 561 g/mol. The maximum absolute atomic E-state index is 13.8. The lowest BCUT2D eigenvalue weighted by Crippen LogP contribution is -2.31. The first kappa shape index (κ1) is 29.1. The van der Waals surface area contributed by atoms with E-state index < -0.39 is 0 Å². The molecule has 0 aromatic heterocycles. The second kappa shape index (κ2) is 14.0. The fourth-order valence-corrected chi connectivity index (χ4v) is 5.69. The molecule has 0 bridgehead atoms. The van der Waals surface area contributed by atoms with Crippen LogP contribution in [0.1, 0.15) is 47.4 Å². The number of benzene rings is 4. The first-order valence-corrected chi connectivity index (χ1v) is 15.0. The lowest BCUT2D eigenvalue weighted by atomic mass is 9.99. The predicted octanol–water partition coefficient (Wildman–Crippen LogP) is 7.19. The van der Waals surface area contributed by atoms with Crippen molar-refractivity contribution in [2.75, 3.05) is 54.4 Å². The van der Waals surface area contributed by atoms with Crippen molar-refractivity contribution in [2.24, 2.45) is 0 Å². The number of amides is 2. The summed E-state index contributed by atoms with van der Waals surface area (Å²) in [5.74, 6) is -0.212. The molecule has 42 heavy (non-hydrogen) atoms. The Morgan fingerprint density at radius 3 is 2.17 bits per heavy atom. The number of carbonyl (C=O) groups excluding carboxylic acids is 2. The summed E-state index contributed by atoms with van der Waals surface area (Å²) < 4.78 is 0. The minimum Gasteiger partial charge on any atom is -0.370 e. The Labute approximate surface area is 249 Å². The van der Waals surface area contributed by atoms with Gasteiger partial charge in [-0.3, -0.25) is 9.59 Å². The number of fused-ring (bicyclic) bond motifs is 1. The quantitative estimate of drug-likeness (QED) is 0.223. The van der Waals surface area contributed by atoms with E-state index in [2.05, 4.69) is 47.2 Å². The Hall–Kier alpha value is -4.42. The van der Waals surface area contributed by atoms with E-state index in [-0.39, 0.29) is 11.8 Å². The van der Waals surface area contributed by atoms with E-state index in [1.54, 1.807) is 24.3 Å². The number of para-hydroxylation sites is 2. The van der Waals surface area contributed by atoms with Crippen LogP contribution in [0.3, 0.4) is 0 Å². The largest absolute Gasteiger partial charge is 0.370 e. The van der Waals surface area contributed by atoms with Crippen molar-refractivity contribution in [3.05, 3.63) is 114 Å². The standard InChI is InChI=1S/C36H40N4O2/c1-3-38(4-2)24-12-25-39-26-13-27-40(34-19-11-10-18-33(34)39)36(42)29-20-22-30(23-21-29)37-35(41)32-17-9-8-16-31(32)28-14-6-5-7-15-28/h5-11,14-23H,3-4,12-13,24-27H2,1-2H3,(H,37,41). The minimum absolute atomic E-state index is 0.0280. The molecule has 1 aliphatic rings. The number of nitrogens with one attached hydrogen (secondary N) is 1. The van der Waals surface area contributed by atoms with Gasteiger partial charge < -0.3 is 20.0 Å². The monoisotopic (exact) mass is 560 g/mol. The Kier molecular flexibility index (Phi) is 9.67. The molecule has 0 aliphatic carbocycles. The molecule has 0 atom stereocenters. The Balaban J connectivity index is 1.29. The molecule has 0 saturated carbocycles. The van der Waals surface area contributed by atoms with Gasteiger partial charge in [0, 0.05) is 36.4 Å². The van der Waals surface area contributed by atoms with Crippen LogP contribution in [0, 0.1) is 0 Å². The number of anilines is 3. The SMILES string of the molecule is CCN(CC)CCCN1CCCN(C(=O)c2ccc(NC(=O)c3ccccc3-c3ccccc3)cc2)c2ccccc21. The summed E-state index contributed by atoms with van der Waals surface area (Å²) in [7, 11) is 0. The Morgan fingerprint density at radius 1 is 0.762 bits per heavy atom. The van der Waals surface area contributed by atoms with Gasteiger partial charge in [0.2, 0.25) is 0 Å². The summed E-state index contributed by atoms with van der Waals surface area (Å²) in [6, 6.07) is 32.9. The van der Waals surface area contributed by atoms with E-state index >= 15 is 0 Å². The second-order valence-electron chi connectivity index (χ2n) is 10.6. The number of hydrogen-bond acceptors (Lipinski definition) is 4. The molecule has 1 heterocycles. The van der Waals surface area contributed by atoms with E-state index in [9.17, 15) is 9.59 Å². The topological polar surface area (TPSA) is 55.9 Å². The second-order valence-corrected chi connectivity index (χ2v) is 10.6. The maximum Gasteiger partial charge on any atom is 0.258 e.